The van der Waals surface area contributed by atoms with Crippen molar-refractivity contribution in [2.75, 3.05) is 4.90 Å². The molecule has 0 aliphatic rings. The van der Waals surface area contributed by atoms with Gasteiger partial charge in [0.25, 0.3) is 0 Å². The summed E-state index contributed by atoms with van der Waals surface area (Å²) in [6.45, 7) is 0. The monoisotopic (exact) mass is 777 g/mol. The van der Waals surface area contributed by atoms with Crippen molar-refractivity contribution in [1.29, 1.82) is 0 Å². The van der Waals surface area contributed by atoms with Crippen molar-refractivity contribution >= 4 is 60.5 Å². The number of benzene rings is 10. The number of hydrogen-bond acceptors (Lipinski definition) is 2. The van der Waals surface area contributed by atoms with E-state index in [0.29, 0.717) is 0 Å². The predicted octanol–water partition coefficient (Wildman–Crippen LogP) is 16.0. The number of para-hydroxylation sites is 1. The highest BCUT2D eigenvalue weighted by Crippen LogP contribution is 2.47. The van der Waals surface area contributed by atoms with Gasteiger partial charge >= 0.3 is 0 Å². The smallest absolute Gasteiger partial charge is 0.145 e. The molecular weight excluding hydrogens is 703 g/mol. The fourth-order valence-corrected chi connectivity index (χ4v) is 6.19. The van der Waals surface area contributed by atoms with Gasteiger partial charge in [0.2, 0.25) is 0 Å². The zero-order valence-corrected chi connectivity index (χ0v) is 28.9. The van der Waals surface area contributed by atoms with Crippen LogP contribution < -0.4 is 4.90 Å². The number of furan rings is 1. The summed E-state index contributed by atoms with van der Waals surface area (Å²) < 4.78 is 343. The van der Waals surface area contributed by atoms with Gasteiger partial charge in [-0.05, 0) is 103 Å². The fraction of sp³-hybridized carbons (Fsp3) is 0. The van der Waals surface area contributed by atoms with Crippen LogP contribution in [0.1, 0.15) is 50.7 Å². The van der Waals surface area contributed by atoms with E-state index in [0.717, 1.165) is 0 Å². The minimum atomic E-state index is -1.44. The van der Waals surface area contributed by atoms with Crippen LogP contribution in [-0.4, -0.2) is 0 Å². The molecule has 2 nitrogen and oxygen atoms in total. The number of nitrogens with zero attached hydrogens (tertiary/aromatic N) is 1. The molecule has 58 heavy (non-hydrogen) atoms. The Bertz CT molecular complexity index is 5360. The third kappa shape index (κ3) is 5.82. The van der Waals surface area contributed by atoms with Gasteiger partial charge in [0.05, 0.1) is 61.8 Å². The van der Waals surface area contributed by atoms with E-state index in [1.165, 1.54) is 0 Å². The Morgan fingerprint density at radius 1 is 0.345 bits per heavy atom. The topological polar surface area (TPSA) is 16.4 Å². The van der Waals surface area contributed by atoms with Crippen LogP contribution in [0.3, 0.4) is 0 Å². The van der Waals surface area contributed by atoms with Crippen LogP contribution >= 0.6 is 0 Å². The molecule has 272 valence electrons. The molecule has 0 aliphatic carbocycles. The maximum absolute atomic E-state index is 10.2. The lowest BCUT2D eigenvalue weighted by molar-refractivity contribution is 0.670. The van der Waals surface area contributed by atoms with Crippen molar-refractivity contribution in [3.8, 4) is 44.5 Å². The summed E-state index contributed by atoms with van der Waals surface area (Å²) in [5.41, 5.74) is -13.4. The van der Waals surface area contributed by atoms with E-state index >= 15 is 0 Å². The number of anilines is 3. The van der Waals surface area contributed by atoms with Gasteiger partial charge in [-0.1, -0.05) is 181 Å². The minimum absolute atomic E-state index is 0.283. The maximum Gasteiger partial charge on any atom is 0.145 e. The van der Waals surface area contributed by atoms with E-state index in [1.54, 1.807) is 0 Å². The number of rotatable bonds is 7. The molecule has 0 amide bonds. The van der Waals surface area contributed by atoms with E-state index in [-0.39, 0.29) is 4.90 Å². The third-order valence-electron chi connectivity index (χ3n) is 8.75. The second kappa shape index (κ2) is 14.1. The van der Waals surface area contributed by atoms with Crippen molar-refractivity contribution in [3.63, 3.8) is 0 Å². The standard InChI is InChI=1S/C56H37NO/c1-2-13-38(14-3-1)39-27-29-40(30-28-39)41-31-33-45(34-32-41)57(46-20-10-19-44(37-46)49-24-11-17-42-15-4-6-21-47(42)49)53-36-35-51(50-25-12-18-43-16-5-7-22-48(43)50)56-55(53)52-23-8-9-26-54(52)58-56/h1-37H/i1D,2D,3D,4D,5D,6D,7D,8D,9D,10D,11D,12D,13D,14D,15D,16D,17D,18D,19D,20D,21D,22D,23D,24D,25D,26D,27D,28D,29D,30D,31D,32D,33D,34D,35D,36D,37D. The molecule has 0 saturated heterocycles. The highest BCUT2D eigenvalue weighted by molar-refractivity contribution is 6.18. The Balaban J connectivity index is 1.40. The van der Waals surface area contributed by atoms with Crippen LogP contribution in [0.4, 0.5) is 17.1 Å². The highest BCUT2D eigenvalue weighted by Gasteiger charge is 2.23. The van der Waals surface area contributed by atoms with Gasteiger partial charge in [-0.2, -0.15) is 0 Å². The maximum atomic E-state index is 10.2. The molecule has 0 bridgehead atoms. The molecule has 0 atom stereocenters. The lowest BCUT2D eigenvalue weighted by Crippen LogP contribution is -2.10. The first-order chi connectivity index (χ1) is 44.2. The normalized spacial score (nSPS) is 20.4. The van der Waals surface area contributed by atoms with E-state index < -0.39 is 329 Å². The molecule has 0 radical (unpaired) electrons. The van der Waals surface area contributed by atoms with E-state index in [4.69, 9.17) is 34.6 Å². The van der Waals surface area contributed by atoms with Crippen LogP contribution in [0.5, 0.6) is 0 Å². The molecule has 11 aromatic rings. The summed E-state index contributed by atoms with van der Waals surface area (Å²) in [5, 5.41) is -4.86. The van der Waals surface area contributed by atoms with E-state index in [9.17, 15) is 20.6 Å². The molecule has 2 heteroatoms. The largest absolute Gasteiger partial charge is 0.455 e. The third-order valence-corrected chi connectivity index (χ3v) is 8.75. The first-order valence-corrected chi connectivity index (χ1v) is 16.8. The average Bonchev–Trinajstić information content (AvgIpc) is 1.69. The van der Waals surface area contributed by atoms with Crippen molar-refractivity contribution in [2.45, 2.75) is 0 Å². The SMILES string of the molecule is [2H]c1c([2H])c([2H])c(-c2c([2H])c([2H])c(-c3c([2H])c([2H])c(N(c4c([2H])c([2H])c([2H])c(-c5c([2H])c([2H])c([2H])c6c([2H])c([2H])c([2H])c([2H])c56)c4[2H])c4c([2H])c([2H])c(-c5c([2H])c([2H])c([2H])c6c([2H])c([2H])c([2H])c([2H])c56)c5oc6c([2H])c([2H])c([2H])c([2H])c6c45)c([2H])c3[2H])c([2H])c2[2H])c([2H])c1[2H]. The summed E-state index contributed by atoms with van der Waals surface area (Å²) in [4.78, 5) is 0.283. The molecule has 10 aromatic carbocycles. The Morgan fingerprint density at radius 2 is 0.862 bits per heavy atom. The van der Waals surface area contributed by atoms with Gasteiger partial charge in [-0.25, -0.2) is 0 Å². The van der Waals surface area contributed by atoms with Crippen molar-refractivity contribution in [1.82, 2.24) is 0 Å². The summed E-state index contributed by atoms with van der Waals surface area (Å²) in [5.74, 6) is 0. The second-order valence-electron chi connectivity index (χ2n) is 12.0. The van der Waals surface area contributed by atoms with Crippen molar-refractivity contribution in [2.24, 2.45) is 0 Å². The second-order valence-corrected chi connectivity index (χ2v) is 12.0. The van der Waals surface area contributed by atoms with Crippen molar-refractivity contribution < 1.29 is 55.1 Å². The zero-order valence-electron chi connectivity index (χ0n) is 65.9. The molecule has 1 heterocycles. The van der Waals surface area contributed by atoms with E-state index in [2.05, 4.69) is 0 Å². The summed E-state index contributed by atoms with van der Waals surface area (Å²) in [7, 11) is 0. The first kappa shape index (κ1) is 12.9. The van der Waals surface area contributed by atoms with Crippen LogP contribution in [0.15, 0.2) is 228 Å². The fourth-order valence-electron chi connectivity index (χ4n) is 6.19. The van der Waals surface area contributed by atoms with Crippen LogP contribution in [-0.2, 0) is 0 Å². The predicted molar refractivity (Wildman–Crippen MR) is 245 cm³/mol. The van der Waals surface area contributed by atoms with Gasteiger partial charge in [0.15, 0.2) is 0 Å². The first-order valence-electron chi connectivity index (χ1n) is 35.3. The van der Waals surface area contributed by atoms with E-state index in [1.807, 2.05) is 0 Å². The van der Waals surface area contributed by atoms with Crippen LogP contribution in [0, 0.1) is 0 Å². The van der Waals surface area contributed by atoms with Gasteiger partial charge < -0.3 is 9.32 Å². The van der Waals surface area contributed by atoms with Gasteiger partial charge in [-0.3, -0.25) is 0 Å². The Labute approximate surface area is 389 Å². The lowest BCUT2D eigenvalue weighted by Gasteiger charge is -2.27. The van der Waals surface area contributed by atoms with Crippen LogP contribution in [0.25, 0.3) is 88.0 Å². The molecule has 11 rings (SSSR count). The average molecular weight is 777 g/mol. The molecular formula is C56H37NO. The van der Waals surface area contributed by atoms with Crippen LogP contribution in [0.2, 0.25) is 0 Å². The quantitative estimate of drug-likeness (QED) is 0.160. The molecule has 1 aromatic heterocycles. The Morgan fingerprint density at radius 3 is 1.57 bits per heavy atom. The summed E-state index contributed by atoms with van der Waals surface area (Å²) >= 11 is 0. The van der Waals surface area contributed by atoms with Gasteiger partial charge in [0, 0.05) is 22.3 Å². The number of hydrogen-bond donors (Lipinski definition) is 0. The zero-order chi connectivity index (χ0) is 70.6. The van der Waals surface area contributed by atoms with Crippen molar-refractivity contribution in [3.05, 3.63) is 224 Å². The number of fused-ring (bicyclic) bond motifs is 5. The summed E-state index contributed by atoms with van der Waals surface area (Å²) in [6.07, 6.45) is 0. The summed E-state index contributed by atoms with van der Waals surface area (Å²) in [6, 6.07) is -41.4. The molecule has 0 N–H and O–H groups in total. The lowest BCUT2D eigenvalue weighted by atomic mass is 9.95. The minimum Gasteiger partial charge on any atom is -0.455 e. The highest BCUT2D eigenvalue weighted by atomic mass is 16.3. The molecule has 0 spiro atoms. The Kier molecular flexibility index (Phi) is 3.15. The van der Waals surface area contributed by atoms with Gasteiger partial charge in [0.1, 0.15) is 11.2 Å². The molecule has 0 aliphatic heterocycles. The molecule has 0 fully saturated rings. The van der Waals surface area contributed by atoms with Gasteiger partial charge in [-0.15, -0.1) is 0 Å². The molecule has 0 unspecified atom stereocenters. The molecule has 0 saturated carbocycles. The Hall–Kier alpha value is -7.68.